The number of fused-ring (bicyclic) bond motifs is 6. The van der Waals surface area contributed by atoms with Gasteiger partial charge in [-0.15, -0.1) is 0 Å². The molecule has 0 saturated carbocycles. The third-order valence-electron chi connectivity index (χ3n) is 12.2. The van der Waals surface area contributed by atoms with Crippen molar-refractivity contribution < 1.29 is 14.3 Å². The molecule has 0 atom stereocenters. The van der Waals surface area contributed by atoms with Crippen LogP contribution in [-0.2, 0) is 10.3 Å². The van der Waals surface area contributed by atoms with Crippen LogP contribution in [0.2, 0.25) is 0 Å². The van der Waals surface area contributed by atoms with Gasteiger partial charge in [-0.05, 0) is 115 Å². The third-order valence-corrected chi connectivity index (χ3v) is 12.2. The first-order valence-corrected chi connectivity index (χ1v) is 21.3. The molecule has 0 saturated heterocycles. The molecular weight excluding hydrogens is 773 g/mol. The average molecular weight is 815 g/mol. The second-order valence-corrected chi connectivity index (χ2v) is 16.2. The molecule has 0 aromatic heterocycles. The maximum absolute atomic E-state index is 13.9. The fourth-order valence-corrected chi connectivity index (χ4v) is 9.08. The molecule has 9 aromatic carbocycles. The Hall–Kier alpha value is -8.15. The van der Waals surface area contributed by atoms with Crippen molar-refractivity contribution in [2.45, 2.75) is 19.4 Å². The lowest BCUT2D eigenvalue weighted by atomic mass is 9.77. The topological polar surface area (TPSA) is 42.0 Å². The summed E-state index contributed by atoms with van der Waals surface area (Å²) in [6.07, 6.45) is 0. The number of hydrogen-bond acceptors (Lipinski definition) is 5. The summed E-state index contributed by atoms with van der Waals surface area (Å²) in [5.74, 6) is 0.847. The van der Waals surface area contributed by atoms with Crippen molar-refractivity contribution in [2.24, 2.45) is 0 Å². The normalized spacial score (nSPS) is 13.0. The van der Waals surface area contributed by atoms with Crippen LogP contribution in [0.15, 0.2) is 218 Å². The standard InChI is InChI=1S/C58H42N2O3/c1-39-17-25-45(26-18-39)59(47-29-21-43(22-30-47)41-11-5-3-6-12-41)49-33-35-53-55(37-49)62-56-38-50(34-36-54(56)58(53)52-16-10-9-15-51(52)57(61)63-58)60(46-27-19-40(2)20-28-46)48-31-23-44(24-32-48)42-13-7-4-8-14-42/h3-38H,1-2H3. The summed E-state index contributed by atoms with van der Waals surface area (Å²) in [7, 11) is 0. The van der Waals surface area contributed by atoms with Crippen molar-refractivity contribution in [3.8, 4) is 33.8 Å². The first-order chi connectivity index (χ1) is 30.9. The lowest BCUT2D eigenvalue weighted by Gasteiger charge is -2.38. The van der Waals surface area contributed by atoms with E-state index < -0.39 is 5.60 Å². The molecule has 0 N–H and O–H groups in total. The van der Waals surface area contributed by atoms with Gasteiger partial charge in [0.15, 0.2) is 5.60 Å². The van der Waals surface area contributed by atoms with Crippen LogP contribution in [-0.4, -0.2) is 5.97 Å². The van der Waals surface area contributed by atoms with Gasteiger partial charge < -0.3 is 19.3 Å². The average Bonchev–Trinajstić information content (AvgIpc) is 3.63. The summed E-state index contributed by atoms with van der Waals surface area (Å²) >= 11 is 0. The number of carbonyl (C=O) groups excluding carboxylic acids is 1. The second-order valence-electron chi connectivity index (χ2n) is 16.2. The molecule has 1 spiro atoms. The van der Waals surface area contributed by atoms with Gasteiger partial charge in [0.25, 0.3) is 0 Å². The van der Waals surface area contributed by atoms with Gasteiger partial charge in [0.2, 0.25) is 0 Å². The molecule has 0 unspecified atom stereocenters. The summed E-state index contributed by atoms with van der Waals surface area (Å²) in [6.45, 7) is 4.20. The second kappa shape index (κ2) is 15.4. The van der Waals surface area contributed by atoms with Crippen molar-refractivity contribution in [1.29, 1.82) is 0 Å². The van der Waals surface area contributed by atoms with Crippen LogP contribution in [0, 0.1) is 13.8 Å². The molecule has 0 aliphatic carbocycles. The lowest BCUT2D eigenvalue weighted by molar-refractivity contribution is 0.0224. The smallest absolute Gasteiger partial charge is 0.340 e. The SMILES string of the molecule is Cc1ccc(N(c2ccc(-c3ccccc3)cc2)c2ccc3c(c2)Oc2cc(N(c4ccc(C)cc4)c4ccc(-c5ccccc5)cc4)ccc2C32OC(=O)c3ccccc32)cc1. The van der Waals surface area contributed by atoms with Gasteiger partial charge in [-0.25, -0.2) is 4.79 Å². The molecule has 11 rings (SSSR count). The Morgan fingerprint density at radius 2 is 0.730 bits per heavy atom. The van der Waals surface area contributed by atoms with E-state index in [9.17, 15) is 4.79 Å². The van der Waals surface area contributed by atoms with Crippen molar-refractivity contribution in [3.05, 3.63) is 252 Å². The fourth-order valence-electron chi connectivity index (χ4n) is 9.08. The van der Waals surface area contributed by atoms with Crippen LogP contribution in [0.1, 0.15) is 38.2 Å². The maximum Gasteiger partial charge on any atom is 0.340 e. The first kappa shape index (κ1) is 37.8. The van der Waals surface area contributed by atoms with Crippen LogP contribution in [0.25, 0.3) is 22.3 Å². The van der Waals surface area contributed by atoms with Gasteiger partial charge in [-0.1, -0.05) is 139 Å². The molecule has 5 nitrogen and oxygen atoms in total. The Morgan fingerprint density at radius 3 is 1.17 bits per heavy atom. The van der Waals surface area contributed by atoms with E-state index in [-0.39, 0.29) is 5.97 Å². The van der Waals surface area contributed by atoms with E-state index in [0.29, 0.717) is 17.1 Å². The first-order valence-electron chi connectivity index (χ1n) is 21.3. The molecule has 5 heteroatoms. The molecule has 0 bridgehead atoms. The van der Waals surface area contributed by atoms with E-state index in [1.807, 2.05) is 36.4 Å². The zero-order valence-electron chi connectivity index (χ0n) is 34.9. The van der Waals surface area contributed by atoms with E-state index in [0.717, 1.165) is 73.1 Å². The van der Waals surface area contributed by atoms with Crippen LogP contribution >= 0.6 is 0 Å². The largest absolute Gasteiger partial charge is 0.456 e. The number of nitrogens with zero attached hydrogens (tertiary/aromatic N) is 2. The predicted octanol–water partition coefficient (Wildman–Crippen LogP) is 15.1. The summed E-state index contributed by atoms with van der Waals surface area (Å²) in [6, 6.07) is 75.4. The van der Waals surface area contributed by atoms with Crippen molar-refractivity contribution >= 4 is 40.1 Å². The molecule has 2 aliphatic rings. The van der Waals surface area contributed by atoms with Crippen LogP contribution < -0.4 is 14.5 Å². The third kappa shape index (κ3) is 6.62. The summed E-state index contributed by atoms with van der Waals surface area (Å²) < 4.78 is 13.7. The lowest BCUT2D eigenvalue weighted by Crippen LogP contribution is -2.33. The number of benzene rings is 9. The minimum Gasteiger partial charge on any atom is -0.456 e. The Kier molecular flexibility index (Phi) is 9.24. The van der Waals surface area contributed by atoms with Gasteiger partial charge in [-0.3, -0.25) is 0 Å². The van der Waals surface area contributed by atoms with Gasteiger partial charge >= 0.3 is 5.97 Å². The number of aryl methyl sites for hydroxylation is 2. The summed E-state index contributed by atoms with van der Waals surface area (Å²) in [5, 5.41) is 0. The molecular formula is C58H42N2O3. The highest BCUT2D eigenvalue weighted by molar-refractivity contribution is 5.97. The minimum atomic E-state index is -1.23. The Bertz CT molecular complexity index is 2940. The number of hydrogen-bond donors (Lipinski definition) is 0. The molecule has 0 radical (unpaired) electrons. The van der Waals surface area contributed by atoms with E-state index in [1.54, 1.807) is 0 Å². The molecule has 2 heterocycles. The molecule has 63 heavy (non-hydrogen) atoms. The zero-order valence-corrected chi connectivity index (χ0v) is 34.9. The van der Waals surface area contributed by atoms with Gasteiger partial charge in [0, 0.05) is 62.9 Å². The van der Waals surface area contributed by atoms with Crippen molar-refractivity contribution in [1.82, 2.24) is 0 Å². The number of ether oxygens (including phenoxy) is 2. The van der Waals surface area contributed by atoms with Crippen LogP contribution in [0.3, 0.4) is 0 Å². The molecule has 9 aromatic rings. The quantitative estimate of drug-likeness (QED) is 0.143. The Labute approximate surface area is 367 Å². The molecule has 0 fully saturated rings. The van der Waals surface area contributed by atoms with Gasteiger partial charge in [0.05, 0.1) is 5.56 Å². The van der Waals surface area contributed by atoms with E-state index >= 15 is 0 Å². The molecule has 2 aliphatic heterocycles. The Balaban J connectivity index is 1.06. The minimum absolute atomic E-state index is 0.364. The number of carbonyl (C=O) groups is 1. The van der Waals surface area contributed by atoms with Gasteiger partial charge in [0.1, 0.15) is 11.5 Å². The maximum atomic E-state index is 13.9. The van der Waals surface area contributed by atoms with E-state index in [2.05, 4.69) is 206 Å². The highest BCUT2D eigenvalue weighted by atomic mass is 16.6. The number of esters is 1. The van der Waals surface area contributed by atoms with Crippen molar-refractivity contribution in [3.63, 3.8) is 0 Å². The van der Waals surface area contributed by atoms with Crippen molar-refractivity contribution in [2.75, 3.05) is 9.80 Å². The number of rotatable bonds is 8. The van der Waals surface area contributed by atoms with Crippen LogP contribution in [0.4, 0.5) is 34.1 Å². The van der Waals surface area contributed by atoms with E-state index in [4.69, 9.17) is 9.47 Å². The van der Waals surface area contributed by atoms with E-state index in [1.165, 1.54) is 11.1 Å². The number of anilines is 6. The monoisotopic (exact) mass is 814 g/mol. The Morgan fingerprint density at radius 1 is 0.365 bits per heavy atom. The zero-order chi connectivity index (χ0) is 42.5. The highest BCUT2D eigenvalue weighted by Crippen LogP contribution is 2.58. The fraction of sp³-hybridized carbons (Fsp3) is 0.0517. The summed E-state index contributed by atoms with van der Waals surface area (Å²) in [5.41, 5.74) is 14.4. The predicted molar refractivity (Wildman–Crippen MR) is 254 cm³/mol. The van der Waals surface area contributed by atoms with Crippen LogP contribution in [0.5, 0.6) is 11.5 Å². The molecule has 0 amide bonds. The van der Waals surface area contributed by atoms with Gasteiger partial charge in [-0.2, -0.15) is 0 Å². The molecule has 302 valence electrons. The summed E-state index contributed by atoms with van der Waals surface area (Å²) in [4.78, 5) is 18.4. The highest BCUT2D eigenvalue weighted by Gasteiger charge is 2.53.